The first-order valence-corrected chi connectivity index (χ1v) is 10.4. The van der Waals surface area contributed by atoms with Crippen molar-refractivity contribution < 1.29 is 14.4 Å². The van der Waals surface area contributed by atoms with Gasteiger partial charge in [-0.3, -0.25) is 19.3 Å². The number of amides is 3. The molecule has 0 saturated carbocycles. The van der Waals surface area contributed by atoms with E-state index in [1.165, 1.54) is 21.5 Å². The summed E-state index contributed by atoms with van der Waals surface area (Å²) >= 11 is 0. The van der Waals surface area contributed by atoms with Gasteiger partial charge in [-0.25, -0.2) is 0 Å². The molecule has 1 N–H and O–H groups in total. The Morgan fingerprint density at radius 2 is 1.57 bits per heavy atom. The lowest BCUT2D eigenvalue weighted by molar-refractivity contribution is -0.131. The summed E-state index contributed by atoms with van der Waals surface area (Å²) in [5, 5.41) is 1.24. The predicted octanol–water partition coefficient (Wildman–Crippen LogP) is 3.17. The van der Waals surface area contributed by atoms with Gasteiger partial charge in [0, 0.05) is 49.1 Å². The van der Waals surface area contributed by atoms with Gasteiger partial charge in [-0.1, -0.05) is 30.3 Å². The van der Waals surface area contributed by atoms with Gasteiger partial charge in [0.25, 0.3) is 11.8 Å². The number of nitrogens with one attached hydrogen (secondary N) is 1. The second kappa shape index (κ2) is 7.44. The second-order valence-corrected chi connectivity index (χ2v) is 7.92. The molecule has 3 amide bonds. The summed E-state index contributed by atoms with van der Waals surface area (Å²) in [5.74, 6) is -0.438. The van der Waals surface area contributed by atoms with E-state index in [9.17, 15) is 14.4 Å². The van der Waals surface area contributed by atoms with Crippen LogP contribution in [-0.2, 0) is 17.6 Å². The maximum absolute atomic E-state index is 12.8. The number of H-pyrrole nitrogens is 1. The lowest BCUT2D eigenvalue weighted by atomic mass is 10.1. The molecule has 0 spiro atoms. The molecule has 0 fully saturated rings. The van der Waals surface area contributed by atoms with E-state index < -0.39 is 0 Å². The second-order valence-electron chi connectivity index (χ2n) is 7.92. The third-order valence-corrected chi connectivity index (χ3v) is 6.17. The van der Waals surface area contributed by atoms with E-state index in [4.69, 9.17) is 0 Å². The Labute approximate surface area is 174 Å². The van der Waals surface area contributed by atoms with Crippen molar-refractivity contribution in [3.63, 3.8) is 0 Å². The molecule has 30 heavy (non-hydrogen) atoms. The molecule has 2 aliphatic heterocycles. The number of aromatic nitrogens is 1. The molecule has 1 aromatic heterocycles. The molecule has 6 heteroatoms. The smallest absolute Gasteiger partial charge is 0.261 e. The van der Waals surface area contributed by atoms with Gasteiger partial charge < -0.3 is 9.88 Å². The van der Waals surface area contributed by atoms with E-state index in [1.54, 1.807) is 24.3 Å². The van der Waals surface area contributed by atoms with Gasteiger partial charge in [0.15, 0.2) is 0 Å². The Bertz CT molecular complexity index is 1130. The van der Waals surface area contributed by atoms with Crippen LogP contribution in [0.4, 0.5) is 0 Å². The number of aromatic amines is 1. The fourth-order valence-corrected chi connectivity index (χ4v) is 4.60. The number of carbonyl (C=O) groups excluding carboxylic acids is 3. The number of hydrogen-bond donors (Lipinski definition) is 1. The van der Waals surface area contributed by atoms with Crippen molar-refractivity contribution in [3.05, 3.63) is 70.9 Å². The average molecular weight is 401 g/mol. The summed E-state index contributed by atoms with van der Waals surface area (Å²) in [6.07, 6.45) is 2.47. The Hall–Kier alpha value is -3.41. The van der Waals surface area contributed by atoms with Crippen LogP contribution in [0.3, 0.4) is 0 Å². The summed E-state index contributed by atoms with van der Waals surface area (Å²) in [6, 6.07) is 15.2. The zero-order valence-corrected chi connectivity index (χ0v) is 16.7. The number of imide groups is 1. The predicted molar refractivity (Wildman–Crippen MR) is 113 cm³/mol. The molecule has 3 heterocycles. The van der Waals surface area contributed by atoms with Crippen molar-refractivity contribution in [3.8, 4) is 0 Å². The summed E-state index contributed by atoms with van der Waals surface area (Å²) < 4.78 is 0. The molecule has 6 nitrogen and oxygen atoms in total. The first-order chi connectivity index (χ1) is 14.6. The first-order valence-electron chi connectivity index (χ1n) is 10.4. The molecule has 0 radical (unpaired) electrons. The molecule has 0 saturated heterocycles. The Morgan fingerprint density at radius 3 is 2.33 bits per heavy atom. The van der Waals surface area contributed by atoms with Crippen molar-refractivity contribution in [1.82, 2.24) is 14.8 Å². The Balaban J connectivity index is 1.18. The minimum Gasteiger partial charge on any atom is -0.358 e. The lowest BCUT2D eigenvalue weighted by Crippen LogP contribution is -2.35. The number of hydrogen-bond acceptors (Lipinski definition) is 3. The summed E-state index contributed by atoms with van der Waals surface area (Å²) in [6.45, 7) is 1.65. The van der Waals surface area contributed by atoms with Gasteiger partial charge in [0.1, 0.15) is 0 Å². The highest BCUT2D eigenvalue weighted by Crippen LogP contribution is 2.26. The largest absolute Gasteiger partial charge is 0.358 e. The van der Waals surface area contributed by atoms with Crippen LogP contribution < -0.4 is 0 Å². The SMILES string of the molecule is O=C(CCCN1C(=O)c2ccccc2C1=O)N1CCc2[nH]c3ccccc3c2CC1. The van der Waals surface area contributed by atoms with Gasteiger partial charge in [-0.2, -0.15) is 0 Å². The Morgan fingerprint density at radius 1 is 0.900 bits per heavy atom. The number of carbonyl (C=O) groups is 3. The van der Waals surface area contributed by atoms with E-state index in [0.29, 0.717) is 37.1 Å². The molecule has 0 aliphatic carbocycles. The highest BCUT2D eigenvalue weighted by molar-refractivity contribution is 6.21. The molecule has 152 valence electrons. The quantitative estimate of drug-likeness (QED) is 0.683. The Kier molecular flexibility index (Phi) is 4.62. The van der Waals surface area contributed by atoms with Crippen molar-refractivity contribution in [2.75, 3.05) is 19.6 Å². The summed E-state index contributed by atoms with van der Waals surface area (Å²) in [7, 11) is 0. The van der Waals surface area contributed by atoms with Crippen LogP contribution >= 0.6 is 0 Å². The van der Waals surface area contributed by atoms with E-state index in [0.717, 1.165) is 18.4 Å². The lowest BCUT2D eigenvalue weighted by Gasteiger charge is -2.21. The van der Waals surface area contributed by atoms with Crippen LogP contribution in [0, 0.1) is 0 Å². The zero-order chi connectivity index (χ0) is 20.7. The topological polar surface area (TPSA) is 73.5 Å². The number of fused-ring (bicyclic) bond motifs is 4. The number of nitrogens with zero attached hydrogens (tertiary/aromatic N) is 2. The van der Waals surface area contributed by atoms with Crippen LogP contribution in [-0.4, -0.2) is 52.1 Å². The van der Waals surface area contributed by atoms with Gasteiger partial charge >= 0.3 is 0 Å². The van der Waals surface area contributed by atoms with Gasteiger partial charge in [-0.05, 0) is 36.6 Å². The molecule has 0 atom stereocenters. The fraction of sp³-hybridized carbons (Fsp3) is 0.292. The van der Waals surface area contributed by atoms with Crippen molar-refractivity contribution >= 4 is 28.6 Å². The highest BCUT2D eigenvalue weighted by Gasteiger charge is 2.34. The third-order valence-electron chi connectivity index (χ3n) is 6.17. The number of benzene rings is 2. The number of para-hydroxylation sites is 1. The highest BCUT2D eigenvalue weighted by atomic mass is 16.2. The van der Waals surface area contributed by atoms with E-state index in [2.05, 4.69) is 17.1 Å². The molecular weight excluding hydrogens is 378 g/mol. The zero-order valence-electron chi connectivity index (χ0n) is 16.7. The monoisotopic (exact) mass is 401 g/mol. The molecule has 2 aromatic carbocycles. The normalized spacial score (nSPS) is 16.0. The van der Waals surface area contributed by atoms with Crippen LogP contribution in [0.2, 0.25) is 0 Å². The molecule has 5 rings (SSSR count). The minimum atomic E-state index is -0.261. The van der Waals surface area contributed by atoms with E-state index in [-0.39, 0.29) is 24.3 Å². The van der Waals surface area contributed by atoms with Crippen molar-refractivity contribution in [2.45, 2.75) is 25.7 Å². The molecule has 0 unspecified atom stereocenters. The van der Waals surface area contributed by atoms with Gasteiger partial charge in [0.2, 0.25) is 5.91 Å². The summed E-state index contributed by atoms with van der Waals surface area (Å²) in [5.41, 5.74) is 4.59. The molecular formula is C24H23N3O3. The third kappa shape index (κ3) is 3.09. The fourth-order valence-electron chi connectivity index (χ4n) is 4.60. The first kappa shape index (κ1) is 18.6. The molecule has 0 bridgehead atoms. The van der Waals surface area contributed by atoms with Gasteiger partial charge in [0.05, 0.1) is 11.1 Å². The minimum absolute atomic E-state index is 0.0843. The van der Waals surface area contributed by atoms with Crippen LogP contribution in [0.1, 0.15) is 44.8 Å². The molecule has 2 aliphatic rings. The molecule has 3 aromatic rings. The standard InChI is InChI=1S/C24H23N3O3/c28-22(10-5-13-27-23(29)18-7-1-2-8-19(18)24(27)30)26-14-11-17-16-6-3-4-9-20(16)25-21(17)12-15-26/h1-4,6-9,25H,5,10-15H2. The van der Waals surface area contributed by atoms with Crippen LogP contribution in [0.5, 0.6) is 0 Å². The van der Waals surface area contributed by atoms with Gasteiger partial charge in [-0.15, -0.1) is 0 Å². The van der Waals surface area contributed by atoms with Crippen molar-refractivity contribution in [1.29, 1.82) is 0 Å². The maximum atomic E-state index is 12.8. The number of rotatable bonds is 4. The van der Waals surface area contributed by atoms with Crippen LogP contribution in [0.25, 0.3) is 10.9 Å². The average Bonchev–Trinajstić information content (AvgIpc) is 3.14. The summed E-state index contributed by atoms with van der Waals surface area (Å²) in [4.78, 5) is 44.3. The maximum Gasteiger partial charge on any atom is 0.261 e. The van der Waals surface area contributed by atoms with E-state index >= 15 is 0 Å². The van der Waals surface area contributed by atoms with E-state index in [1.807, 2.05) is 17.0 Å². The van der Waals surface area contributed by atoms with Crippen LogP contribution in [0.15, 0.2) is 48.5 Å². The van der Waals surface area contributed by atoms with Crippen molar-refractivity contribution in [2.24, 2.45) is 0 Å².